The molecule has 1 aliphatic rings. The van der Waals surface area contributed by atoms with Gasteiger partial charge in [0.2, 0.25) is 0 Å². The molecule has 3 aromatic carbocycles. The van der Waals surface area contributed by atoms with Gasteiger partial charge in [0.15, 0.2) is 11.2 Å². The molecule has 0 bridgehead atoms. The lowest BCUT2D eigenvalue weighted by molar-refractivity contribution is 0.101. The first-order valence-corrected chi connectivity index (χ1v) is 13.6. The van der Waals surface area contributed by atoms with Gasteiger partial charge in [-0.3, -0.25) is 13.9 Å². The van der Waals surface area contributed by atoms with E-state index in [0.717, 1.165) is 12.6 Å². The van der Waals surface area contributed by atoms with E-state index in [1.54, 1.807) is 18.2 Å². The Balaban J connectivity index is 0.000000732. The number of halogens is 3. The van der Waals surface area contributed by atoms with Crippen LogP contribution in [0.2, 0.25) is 10.0 Å². The SMILES string of the molecule is CCCNC.O=C(Nc1cc(NC(=O)c2ccc(N3CCNS3=O)cc2F)ccc1Cl)c1cccc(Cl)c1. The van der Waals surface area contributed by atoms with Crippen molar-refractivity contribution in [1.29, 1.82) is 0 Å². The van der Waals surface area contributed by atoms with E-state index in [1.807, 2.05) is 7.05 Å². The van der Waals surface area contributed by atoms with Crippen molar-refractivity contribution in [2.24, 2.45) is 0 Å². The van der Waals surface area contributed by atoms with Gasteiger partial charge in [-0.1, -0.05) is 36.2 Å². The zero-order valence-electron chi connectivity index (χ0n) is 20.8. The summed E-state index contributed by atoms with van der Waals surface area (Å²) in [6, 6.07) is 14.9. The summed E-state index contributed by atoms with van der Waals surface area (Å²) in [7, 11) is 1.96. The topological polar surface area (TPSA) is 103 Å². The fourth-order valence-electron chi connectivity index (χ4n) is 3.43. The summed E-state index contributed by atoms with van der Waals surface area (Å²) < 4.78 is 30.7. The molecular weight excluding hydrogens is 552 g/mol. The first-order chi connectivity index (χ1) is 18.2. The van der Waals surface area contributed by atoms with E-state index in [4.69, 9.17) is 23.2 Å². The van der Waals surface area contributed by atoms with Crippen LogP contribution in [0.1, 0.15) is 34.1 Å². The van der Waals surface area contributed by atoms with Crippen LogP contribution in [0, 0.1) is 5.82 Å². The summed E-state index contributed by atoms with van der Waals surface area (Å²) in [6.07, 6.45) is 1.23. The normalized spacial score (nSPS) is 14.4. The van der Waals surface area contributed by atoms with Crippen LogP contribution in [-0.2, 0) is 11.2 Å². The monoisotopic (exact) mass is 579 g/mol. The second-order valence-electron chi connectivity index (χ2n) is 8.13. The first kappa shape index (κ1) is 29.5. The van der Waals surface area contributed by atoms with Gasteiger partial charge in [0.25, 0.3) is 11.8 Å². The van der Waals surface area contributed by atoms with E-state index in [-0.39, 0.29) is 16.3 Å². The molecule has 1 unspecified atom stereocenters. The van der Waals surface area contributed by atoms with Crippen LogP contribution in [-0.4, -0.2) is 42.7 Å². The number of carbonyl (C=O) groups is 2. The van der Waals surface area contributed by atoms with E-state index in [2.05, 4.69) is 27.6 Å². The highest BCUT2D eigenvalue weighted by Gasteiger charge is 2.22. The standard InChI is InChI=1S/C22H17Cl2FN4O3S.C4H11N/c23-14-3-1-2-13(10-14)21(30)28-20-11-15(4-7-18(20)24)27-22(31)17-6-5-16(12-19(17)25)29-9-8-26-33(29)32;1-3-4-5-2/h1-7,10-12,26H,8-9H2,(H,27,31)(H,28,30);5H,3-4H2,1-2H3. The van der Waals surface area contributed by atoms with Gasteiger partial charge in [0.05, 0.1) is 22.0 Å². The van der Waals surface area contributed by atoms with Crippen LogP contribution in [0.25, 0.3) is 0 Å². The van der Waals surface area contributed by atoms with E-state index >= 15 is 0 Å². The molecule has 1 saturated heterocycles. The summed E-state index contributed by atoms with van der Waals surface area (Å²) in [4.78, 5) is 25.1. The minimum absolute atomic E-state index is 0.184. The Labute approximate surface area is 233 Å². The molecule has 0 aromatic heterocycles. The highest BCUT2D eigenvalue weighted by atomic mass is 35.5. The molecule has 1 atom stereocenters. The average Bonchev–Trinajstić information content (AvgIpc) is 3.32. The van der Waals surface area contributed by atoms with E-state index in [1.165, 1.54) is 47.1 Å². The Bertz CT molecular complexity index is 1330. The largest absolute Gasteiger partial charge is 0.322 e. The highest BCUT2D eigenvalue weighted by Crippen LogP contribution is 2.27. The van der Waals surface area contributed by atoms with Gasteiger partial charge < -0.3 is 16.0 Å². The molecule has 1 heterocycles. The van der Waals surface area contributed by atoms with E-state index in [0.29, 0.717) is 35.1 Å². The Hall–Kier alpha value is -3.02. The van der Waals surface area contributed by atoms with Crippen LogP contribution in [0.5, 0.6) is 0 Å². The van der Waals surface area contributed by atoms with Crippen molar-refractivity contribution in [3.63, 3.8) is 0 Å². The Morgan fingerprint density at radius 1 is 1.05 bits per heavy atom. The predicted octanol–water partition coefficient (Wildman–Crippen LogP) is 5.24. The quantitative estimate of drug-likeness (QED) is 0.307. The van der Waals surface area contributed by atoms with Crippen molar-refractivity contribution >= 4 is 63.3 Å². The third-order valence-electron chi connectivity index (χ3n) is 5.29. The zero-order chi connectivity index (χ0) is 27.7. The second kappa shape index (κ2) is 14.2. The van der Waals surface area contributed by atoms with Gasteiger partial charge in [0, 0.05) is 29.4 Å². The minimum Gasteiger partial charge on any atom is -0.322 e. The van der Waals surface area contributed by atoms with Crippen molar-refractivity contribution in [3.05, 3.63) is 87.7 Å². The molecule has 12 heteroatoms. The third kappa shape index (κ3) is 7.99. The summed E-state index contributed by atoms with van der Waals surface area (Å²) in [5.41, 5.74) is 1.13. The number of hydrogen-bond acceptors (Lipinski definition) is 4. The van der Waals surface area contributed by atoms with Crippen molar-refractivity contribution in [2.45, 2.75) is 13.3 Å². The lowest BCUT2D eigenvalue weighted by Crippen LogP contribution is -2.23. The minimum atomic E-state index is -1.43. The Morgan fingerprint density at radius 2 is 1.84 bits per heavy atom. The lowest BCUT2D eigenvalue weighted by atomic mass is 10.1. The van der Waals surface area contributed by atoms with Gasteiger partial charge >= 0.3 is 0 Å². The number of nitrogens with one attached hydrogen (secondary N) is 4. The maximum Gasteiger partial charge on any atom is 0.258 e. The molecular formula is C26H28Cl2FN5O3S. The second-order valence-corrected chi connectivity index (χ2v) is 10.2. The van der Waals surface area contributed by atoms with Gasteiger partial charge in [-0.05, 0) is 74.6 Å². The number of hydrogen-bond donors (Lipinski definition) is 4. The fourth-order valence-corrected chi connectivity index (χ4v) is 4.77. The van der Waals surface area contributed by atoms with Gasteiger partial charge in [-0.2, -0.15) is 0 Å². The molecule has 38 heavy (non-hydrogen) atoms. The Morgan fingerprint density at radius 3 is 2.45 bits per heavy atom. The molecule has 4 rings (SSSR count). The van der Waals surface area contributed by atoms with Crippen LogP contribution < -0.4 is 25.0 Å². The smallest absolute Gasteiger partial charge is 0.258 e. The maximum atomic E-state index is 14.6. The number of rotatable bonds is 7. The van der Waals surface area contributed by atoms with Crippen LogP contribution in [0.3, 0.4) is 0 Å². The molecule has 1 fully saturated rings. The zero-order valence-corrected chi connectivity index (χ0v) is 23.1. The number of anilines is 3. The Kier molecular flexibility index (Phi) is 11.1. The van der Waals surface area contributed by atoms with Gasteiger partial charge in [-0.15, -0.1) is 0 Å². The molecule has 8 nitrogen and oxygen atoms in total. The van der Waals surface area contributed by atoms with Crippen molar-refractivity contribution < 1.29 is 18.2 Å². The molecule has 1 aliphatic heterocycles. The molecule has 3 aromatic rings. The maximum absolute atomic E-state index is 14.6. The molecule has 4 N–H and O–H groups in total. The van der Waals surface area contributed by atoms with Gasteiger partial charge in [0.1, 0.15) is 5.82 Å². The fraction of sp³-hybridized carbons (Fsp3) is 0.231. The summed E-state index contributed by atoms with van der Waals surface area (Å²) in [6.45, 7) is 4.27. The number of amides is 2. The van der Waals surface area contributed by atoms with Crippen molar-refractivity contribution in [1.82, 2.24) is 10.0 Å². The molecule has 0 radical (unpaired) electrons. The average molecular weight is 581 g/mol. The molecule has 2 amide bonds. The third-order valence-corrected chi connectivity index (χ3v) is 7.09. The van der Waals surface area contributed by atoms with Crippen LogP contribution >= 0.6 is 23.2 Å². The van der Waals surface area contributed by atoms with E-state index in [9.17, 15) is 18.2 Å². The lowest BCUT2D eigenvalue weighted by Gasteiger charge is -2.16. The summed E-state index contributed by atoms with van der Waals surface area (Å²) in [5, 5.41) is 8.94. The predicted molar refractivity (Wildman–Crippen MR) is 153 cm³/mol. The first-order valence-electron chi connectivity index (χ1n) is 11.8. The van der Waals surface area contributed by atoms with Gasteiger partial charge in [-0.25, -0.2) is 13.3 Å². The molecule has 0 saturated carbocycles. The van der Waals surface area contributed by atoms with E-state index < -0.39 is 28.8 Å². The van der Waals surface area contributed by atoms with Crippen molar-refractivity contribution in [2.75, 3.05) is 41.6 Å². The number of carbonyl (C=O) groups excluding carboxylic acids is 2. The molecule has 202 valence electrons. The van der Waals surface area contributed by atoms with Crippen molar-refractivity contribution in [3.8, 4) is 0 Å². The molecule has 0 spiro atoms. The summed E-state index contributed by atoms with van der Waals surface area (Å²) >= 11 is 10.7. The summed E-state index contributed by atoms with van der Waals surface area (Å²) in [5.74, 6) is -1.87. The highest BCUT2D eigenvalue weighted by molar-refractivity contribution is 7.84. The number of benzene rings is 3. The number of nitrogens with zero attached hydrogens (tertiary/aromatic N) is 1. The van der Waals surface area contributed by atoms with Crippen LogP contribution in [0.4, 0.5) is 21.5 Å². The van der Waals surface area contributed by atoms with Crippen LogP contribution in [0.15, 0.2) is 60.7 Å². The molecule has 0 aliphatic carbocycles.